The zero-order chi connectivity index (χ0) is 71.1. The van der Waals surface area contributed by atoms with E-state index in [-0.39, 0.29) is 25.7 Å². The molecule has 0 fully saturated rings. The highest BCUT2D eigenvalue weighted by Crippen LogP contribution is 2.45. The number of esters is 4. The Balaban J connectivity index is 5.11. The van der Waals surface area contributed by atoms with E-state index in [0.29, 0.717) is 25.7 Å². The number of carbonyl (C=O) groups excluding carboxylic acids is 4. The molecule has 0 spiro atoms. The lowest BCUT2D eigenvalue weighted by atomic mass is 10.0. The fraction of sp³-hybridized carbons (Fsp3) is 0.949. The minimum atomic E-state index is -4.96. The van der Waals surface area contributed by atoms with Crippen molar-refractivity contribution in [2.24, 2.45) is 0 Å². The van der Waals surface area contributed by atoms with Gasteiger partial charge in [-0.15, -0.1) is 0 Å². The van der Waals surface area contributed by atoms with Crippen LogP contribution in [0, 0.1) is 0 Å². The normalized spacial score (nSPS) is 13.8. The molecule has 0 aliphatic carbocycles. The third-order valence-corrected chi connectivity index (χ3v) is 20.3. The van der Waals surface area contributed by atoms with Gasteiger partial charge in [-0.1, -0.05) is 368 Å². The molecule has 0 bridgehead atoms. The molecule has 576 valence electrons. The first-order valence-electron chi connectivity index (χ1n) is 40.8. The quantitative estimate of drug-likeness (QED) is 0.0222. The van der Waals surface area contributed by atoms with Gasteiger partial charge in [0.05, 0.1) is 26.4 Å². The lowest BCUT2D eigenvalue weighted by Crippen LogP contribution is -2.30. The van der Waals surface area contributed by atoms with Crippen molar-refractivity contribution < 1.29 is 80.2 Å². The molecule has 0 amide bonds. The van der Waals surface area contributed by atoms with Crippen molar-refractivity contribution in [2.75, 3.05) is 39.6 Å². The van der Waals surface area contributed by atoms with E-state index in [1.807, 2.05) is 0 Å². The first-order chi connectivity index (χ1) is 47.2. The number of aliphatic hydroxyl groups is 1. The molecule has 0 aliphatic rings. The molecule has 19 heteroatoms. The van der Waals surface area contributed by atoms with Crippen LogP contribution in [0.15, 0.2) is 0 Å². The second kappa shape index (κ2) is 72.4. The van der Waals surface area contributed by atoms with Crippen molar-refractivity contribution in [2.45, 2.75) is 438 Å². The molecule has 3 N–H and O–H groups in total. The van der Waals surface area contributed by atoms with Crippen molar-refractivity contribution in [3.8, 4) is 0 Å². The van der Waals surface area contributed by atoms with Gasteiger partial charge in [0.25, 0.3) is 0 Å². The summed E-state index contributed by atoms with van der Waals surface area (Å²) in [5.74, 6) is -2.12. The fourth-order valence-electron chi connectivity index (χ4n) is 12.1. The van der Waals surface area contributed by atoms with E-state index < -0.39 is 97.5 Å². The summed E-state index contributed by atoms with van der Waals surface area (Å²) in [5, 5.41) is 10.6. The van der Waals surface area contributed by atoms with E-state index in [4.69, 9.17) is 37.0 Å². The maximum atomic E-state index is 13.1. The molecule has 0 rings (SSSR count). The average Bonchev–Trinajstić information content (AvgIpc) is 1.97. The lowest BCUT2D eigenvalue weighted by Gasteiger charge is -2.21. The van der Waals surface area contributed by atoms with Gasteiger partial charge in [0, 0.05) is 25.7 Å². The molecule has 0 saturated carbocycles. The number of phosphoric ester groups is 2. The van der Waals surface area contributed by atoms with Crippen LogP contribution in [0.2, 0.25) is 0 Å². The van der Waals surface area contributed by atoms with Gasteiger partial charge in [-0.25, -0.2) is 9.13 Å². The summed E-state index contributed by atoms with van der Waals surface area (Å²) in [5.41, 5.74) is 0. The Morgan fingerprint density at radius 1 is 0.247 bits per heavy atom. The molecule has 0 aromatic heterocycles. The monoisotopic (exact) mass is 1420 g/mol. The van der Waals surface area contributed by atoms with Gasteiger partial charge in [0.2, 0.25) is 0 Å². The number of unbranched alkanes of at least 4 members (excludes halogenated alkanes) is 53. The maximum absolute atomic E-state index is 13.1. The Bertz CT molecular complexity index is 1840. The Morgan fingerprint density at radius 3 is 0.608 bits per heavy atom. The summed E-state index contributed by atoms with van der Waals surface area (Å²) < 4.78 is 68.3. The van der Waals surface area contributed by atoms with Crippen molar-refractivity contribution in [1.82, 2.24) is 0 Å². The van der Waals surface area contributed by atoms with Gasteiger partial charge in [-0.3, -0.25) is 37.3 Å². The largest absolute Gasteiger partial charge is 0.472 e. The number of aliphatic hydroxyl groups excluding tert-OH is 1. The van der Waals surface area contributed by atoms with Gasteiger partial charge in [-0.05, 0) is 25.7 Å². The van der Waals surface area contributed by atoms with Crippen LogP contribution in [0.5, 0.6) is 0 Å². The summed E-state index contributed by atoms with van der Waals surface area (Å²) in [6.45, 7) is 4.91. The molecule has 5 atom stereocenters. The van der Waals surface area contributed by atoms with E-state index >= 15 is 0 Å². The van der Waals surface area contributed by atoms with Gasteiger partial charge in [-0.2, -0.15) is 0 Å². The minimum Gasteiger partial charge on any atom is -0.462 e. The van der Waals surface area contributed by atoms with Crippen LogP contribution in [0.4, 0.5) is 0 Å². The van der Waals surface area contributed by atoms with E-state index in [9.17, 15) is 43.2 Å². The number of phosphoric acid groups is 2. The highest BCUT2D eigenvalue weighted by atomic mass is 31.2. The Hall–Kier alpha value is -1.94. The SMILES string of the molecule is CCCCCCCCCCCCCCCCCCCCCCC(=O)OC[C@H](COP(=O)(O)OC[C@@H](O)COP(=O)(O)OC[C@@H](COC(=O)CCCCCCC)OC(=O)CCCCCCCCCCCCCC)OC(=O)CCCCCCCCCCCCCCCCCCCCCC. The molecule has 0 radical (unpaired) electrons. The van der Waals surface area contributed by atoms with E-state index in [1.54, 1.807) is 0 Å². The molecule has 97 heavy (non-hydrogen) atoms. The fourth-order valence-corrected chi connectivity index (χ4v) is 13.7. The Labute approximate surface area is 594 Å². The molecular formula is C78H152O17P2. The molecule has 0 aliphatic heterocycles. The van der Waals surface area contributed by atoms with E-state index in [2.05, 4.69) is 27.7 Å². The topological polar surface area (TPSA) is 237 Å². The van der Waals surface area contributed by atoms with Crippen molar-refractivity contribution in [3.63, 3.8) is 0 Å². The second-order valence-electron chi connectivity index (χ2n) is 28.1. The van der Waals surface area contributed by atoms with Gasteiger partial charge < -0.3 is 33.8 Å². The van der Waals surface area contributed by atoms with E-state index in [0.717, 1.165) is 96.3 Å². The zero-order valence-electron chi connectivity index (χ0n) is 63.1. The summed E-state index contributed by atoms with van der Waals surface area (Å²) in [6, 6.07) is 0. The summed E-state index contributed by atoms with van der Waals surface area (Å²) in [4.78, 5) is 72.6. The van der Waals surface area contributed by atoms with Crippen molar-refractivity contribution >= 4 is 39.5 Å². The minimum absolute atomic E-state index is 0.107. The molecule has 17 nitrogen and oxygen atoms in total. The predicted molar refractivity (Wildman–Crippen MR) is 395 cm³/mol. The summed E-state index contributed by atoms with van der Waals surface area (Å²) >= 11 is 0. The molecule has 0 aromatic carbocycles. The van der Waals surface area contributed by atoms with E-state index in [1.165, 1.54) is 244 Å². The number of ether oxygens (including phenoxy) is 4. The van der Waals surface area contributed by atoms with Crippen LogP contribution in [-0.4, -0.2) is 96.7 Å². The molecule has 0 aromatic rings. The number of hydrogen-bond donors (Lipinski definition) is 3. The zero-order valence-corrected chi connectivity index (χ0v) is 64.8. The molecule has 2 unspecified atom stereocenters. The van der Waals surface area contributed by atoms with Crippen LogP contribution < -0.4 is 0 Å². The van der Waals surface area contributed by atoms with Crippen molar-refractivity contribution in [3.05, 3.63) is 0 Å². The maximum Gasteiger partial charge on any atom is 0.472 e. The molecular weight excluding hydrogens is 1270 g/mol. The highest BCUT2D eigenvalue weighted by Gasteiger charge is 2.30. The van der Waals surface area contributed by atoms with Crippen LogP contribution in [0.1, 0.15) is 419 Å². The third-order valence-electron chi connectivity index (χ3n) is 18.4. The first kappa shape index (κ1) is 95.1. The second-order valence-corrected chi connectivity index (χ2v) is 31.0. The number of rotatable bonds is 79. The standard InChI is InChI=1S/C78H152O17P2/c1-5-9-13-17-20-23-26-29-31-33-35-37-39-41-43-46-48-51-55-59-63-76(81)89-69-74(95-78(83)65-61-57-53-50-47-44-42-40-38-36-34-32-30-27-24-21-18-14-10-6-2)71-93-97(86,87)91-67-72(79)66-90-96(84,85)92-70-73(68-88-75(80)62-58-54-16-12-8-4)94-77(82)64-60-56-52-49-45-28-25-22-19-15-11-7-3/h72-74,79H,5-71H2,1-4H3,(H,84,85)(H,86,87)/t72-,73+,74+/m0/s1. The van der Waals surface area contributed by atoms with Gasteiger partial charge >= 0.3 is 39.5 Å². The summed E-state index contributed by atoms with van der Waals surface area (Å²) in [7, 11) is -9.90. The number of carbonyl (C=O) groups is 4. The van der Waals surface area contributed by atoms with Crippen LogP contribution in [0.25, 0.3) is 0 Å². The molecule has 0 heterocycles. The Morgan fingerprint density at radius 2 is 0.412 bits per heavy atom. The van der Waals surface area contributed by atoms with Crippen LogP contribution in [0.3, 0.4) is 0 Å². The van der Waals surface area contributed by atoms with Crippen molar-refractivity contribution in [1.29, 1.82) is 0 Å². The predicted octanol–water partition coefficient (Wildman–Crippen LogP) is 23.4. The summed E-state index contributed by atoms with van der Waals surface area (Å²) in [6.07, 6.45) is 64.4. The van der Waals surface area contributed by atoms with Crippen LogP contribution >= 0.6 is 15.6 Å². The smallest absolute Gasteiger partial charge is 0.462 e. The highest BCUT2D eigenvalue weighted by molar-refractivity contribution is 7.47. The average molecular weight is 1420 g/mol. The lowest BCUT2D eigenvalue weighted by molar-refractivity contribution is -0.161. The molecule has 0 saturated heterocycles. The van der Waals surface area contributed by atoms with Gasteiger partial charge in [0.1, 0.15) is 19.3 Å². The number of hydrogen-bond acceptors (Lipinski definition) is 15. The third kappa shape index (κ3) is 72.2. The Kier molecular flexibility index (Phi) is 71.0. The first-order valence-corrected chi connectivity index (χ1v) is 43.8. The van der Waals surface area contributed by atoms with Crippen LogP contribution in [-0.2, 0) is 65.4 Å². The van der Waals surface area contributed by atoms with Gasteiger partial charge in [0.15, 0.2) is 12.2 Å².